The van der Waals surface area contributed by atoms with Crippen molar-refractivity contribution in [1.29, 1.82) is 0 Å². The SMILES string of the molecule is BrCCCOc1ccc(CN2CCCCC2)cc1. The Hall–Kier alpha value is -0.540. The van der Waals surface area contributed by atoms with Gasteiger partial charge in [0.15, 0.2) is 0 Å². The fourth-order valence-corrected chi connectivity index (χ4v) is 2.54. The molecule has 1 aromatic carbocycles. The highest BCUT2D eigenvalue weighted by atomic mass is 79.9. The molecule has 0 radical (unpaired) electrons. The van der Waals surface area contributed by atoms with Crippen molar-refractivity contribution in [3.8, 4) is 5.75 Å². The van der Waals surface area contributed by atoms with E-state index in [1.54, 1.807) is 0 Å². The van der Waals surface area contributed by atoms with Crippen LogP contribution < -0.4 is 4.74 Å². The number of halogens is 1. The molecule has 1 aliphatic rings. The van der Waals surface area contributed by atoms with Crippen LogP contribution in [0.2, 0.25) is 0 Å². The van der Waals surface area contributed by atoms with Crippen LogP contribution in [0.4, 0.5) is 0 Å². The summed E-state index contributed by atoms with van der Waals surface area (Å²) in [5.41, 5.74) is 1.39. The molecule has 0 unspecified atom stereocenters. The zero-order chi connectivity index (χ0) is 12.6. The minimum Gasteiger partial charge on any atom is -0.494 e. The van der Waals surface area contributed by atoms with Crippen LogP contribution >= 0.6 is 15.9 Å². The lowest BCUT2D eigenvalue weighted by atomic mass is 10.1. The number of piperidine rings is 1. The van der Waals surface area contributed by atoms with E-state index < -0.39 is 0 Å². The normalized spacial score (nSPS) is 16.7. The summed E-state index contributed by atoms with van der Waals surface area (Å²) in [4.78, 5) is 2.55. The van der Waals surface area contributed by atoms with E-state index in [4.69, 9.17) is 4.74 Å². The van der Waals surface area contributed by atoms with Crippen molar-refractivity contribution in [1.82, 2.24) is 4.90 Å². The first-order valence-corrected chi connectivity index (χ1v) is 8.01. The number of ether oxygens (including phenoxy) is 1. The molecule has 0 aliphatic carbocycles. The number of likely N-dealkylation sites (tertiary alicyclic amines) is 1. The van der Waals surface area contributed by atoms with E-state index in [1.807, 2.05) is 0 Å². The zero-order valence-electron chi connectivity index (χ0n) is 10.9. The zero-order valence-corrected chi connectivity index (χ0v) is 12.5. The minimum absolute atomic E-state index is 0.788. The third kappa shape index (κ3) is 4.62. The molecule has 1 heterocycles. The Morgan fingerprint density at radius 2 is 1.78 bits per heavy atom. The summed E-state index contributed by atoms with van der Waals surface area (Å²) in [7, 11) is 0. The van der Waals surface area contributed by atoms with Gasteiger partial charge >= 0.3 is 0 Å². The molecule has 1 saturated heterocycles. The number of nitrogens with zero attached hydrogens (tertiary/aromatic N) is 1. The molecule has 1 aromatic rings. The molecule has 2 nitrogen and oxygen atoms in total. The van der Waals surface area contributed by atoms with Gasteiger partial charge in [-0.05, 0) is 50.0 Å². The van der Waals surface area contributed by atoms with E-state index in [1.165, 1.54) is 37.9 Å². The first-order valence-electron chi connectivity index (χ1n) is 6.88. The summed E-state index contributed by atoms with van der Waals surface area (Å²) in [6.07, 6.45) is 5.16. The number of rotatable bonds is 6. The van der Waals surface area contributed by atoms with Crippen LogP contribution in [0.3, 0.4) is 0 Å². The average Bonchev–Trinajstić information content (AvgIpc) is 2.42. The molecule has 0 aromatic heterocycles. The highest BCUT2D eigenvalue weighted by Crippen LogP contribution is 2.16. The highest BCUT2D eigenvalue weighted by molar-refractivity contribution is 9.09. The molecule has 1 fully saturated rings. The maximum Gasteiger partial charge on any atom is 0.119 e. The van der Waals surface area contributed by atoms with Crippen LogP contribution in [0.25, 0.3) is 0 Å². The van der Waals surface area contributed by atoms with Gasteiger partial charge in [-0.3, -0.25) is 4.90 Å². The number of benzene rings is 1. The van der Waals surface area contributed by atoms with Crippen molar-refractivity contribution >= 4 is 15.9 Å². The summed E-state index contributed by atoms with van der Waals surface area (Å²) in [5.74, 6) is 0.985. The first kappa shape index (κ1) is 13.9. The summed E-state index contributed by atoms with van der Waals surface area (Å²) in [6, 6.07) is 8.57. The fourth-order valence-electron chi connectivity index (χ4n) is 2.31. The Balaban J connectivity index is 1.79. The first-order chi connectivity index (χ1) is 8.88. The predicted octanol–water partition coefficient (Wildman–Crippen LogP) is 3.84. The Kier molecular flexibility index (Phi) is 6.01. The maximum atomic E-state index is 5.65. The molecule has 2 rings (SSSR count). The lowest BCUT2D eigenvalue weighted by Gasteiger charge is -2.26. The third-order valence-electron chi connectivity index (χ3n) is 3.32. The topological polar surface area (TPSA) is 12.5 Å². The molecule has 0 saturated carbocycles. The van der Waals surface area contributed by atoms with E-state index in [2.05, 4.69) is 45.1 Å². The molecule has 1 aliphatic heterocycles. The van der Waals surface area contributed by atoms with Gasteiger partial charge in [0, 0.05) is 11.9 Å². The quantitative estimate of drug-likeness (QED) is 0.584. The van der Waals surface area contributed by atoms with Crippen LogP contribution in [0, 0.1) is 0 Å². The molecule has 0 N–H and O–H groups in total. The molecule has 18 heavy (non-hydrogen) atoms. The van der Waals surface area contributed by atoms with Gasteiger partial charge in [-0.2, -0.15) is 0 Å². The van der Waals surface area contributed by atoms with Gasteiger partial charge in [0.25, 0.3) is 0 Å². The second-order valence-electron chi connectivity index (χ2n) is 4.87. The fraction of sp³-hybridized carbons (Fsp3) is 0.600. The van der Waals surface area contributed by atoms with Crippen molar-refractivity contribution in [3.05, 3.63) is 29.8 Å². The van der Waals surface area contributed by atoms with Gasteiger partial charge in [-0.25, -0.2) is 0 Å². The van der Waals surface area contributed by atoms with E-state index in [0.29, 0.717) is 0 Å². The van der Waals surface area contributed by atoms with Gasteiger partial charge in [0.05, 0.1) is 6.61 Å². The average molecular weight is 312 g/mol. The summed E-state index contributed by atoms with van der Waals surface area (Å²) < 4.78 is 5.65. The van der Waals surface area contributed by atoms with Crippen molar-refractivity contribution in [2.45, 2.75) is 32.2 Å². The third-order valence-corrected chi connectivity index (χ3v) is 3.89. The number of alkyl halides is 1. The molecular weight excluding hydrogens is 290 g/mol. The molecular formula is C15H22BrNO. The van der Waals surface area contributed by atoms with Gasteiger partial charge in [-0.1, -0.05) is 34.5 Å². The summed E-state index contributed by atoms with van der Waals surface area (Å²) in [5, 5.41) is 1.00. The number of hydrogen-bond donors (Lipinski definition) is 0. The molecule has 0 amide bonds. The Bertz CT molecular complexity index is 333. The Morgan fingerprint density at radius 3 is 2.44 bits per heavy atom. The van der Waals surface area contributed by atoms with Crippen molar-refractivity contribution < 1.29 is 4.74 Å². The highest BCUT2D eigenvalue weighted by Gasteiger charge is 2.10. The molecule has 0 atom stereocenters. The smallest absolute Gasteiger partial charge is 0.119 e. The van der Waals surface area contributed by atoms with E-state index in [0.717, 1.165) is 30.7 Å². The lowest BCUT2D eigenvalue weighted by molar-refractivity contribution is 0.221. The maximum absolute atomic E-state index is 5.65. The minimum atomic E-state index is 0.788. The van der Waals surface area contributed by atoms with E-state index in [-0.39, 0.29) is 0 Å². The lowest BCUT2D eigenvalue weighted by Crippen LogP contribution is -2.28. The van der Waals surface area contributed by atoms with Gasteiger partial charge in [0.2, 0.25) is 0 Å². The predicted molar refractivity (Wildman–Crippen MR) is 79.5 cm³/mol. The van der Waals surface area contributed by atoms with Gasteiger partial charge in [0.1, 0.15) is 5.75 Å². The van der Waals surface area contributed by atoms with Crippen molar-refractivity contribution in [2.24, 2.45) is 0 Å². The summed E-state index contributed by atoms with van der Waals surface area (Å²) in [6.45, 7) is 4.38. The van der Waals surface area contributed by atoms with E-state index >= 15 is 0 Å². The van der Waals surface area contributed by atoms with Crippen LogP contribution in [-0.4, -0.2) is 29.9 Å². The largest absolute Gasteiger partial charge is 0.494 e. The second-order valence-corrected chi connectivity index (χ2v) is 5.66. The van der Waals surface area contributed by atoms with Crippen molar-refractivity contribution in [3.63, 3.8) is 0 Å². The molecule has 0 bridgehead atoms. The van der Waals surface area contributed by atoms with E-state index in [9.17, 15) is 0 Å². The molecule has 3 heteroatoms. The van der Waals surface area contributed by atoms with Crippen LogP contribution in [-0.2, 0) is 6.54 Å². The second kappa shape index (κ2) is 7.80. The molecule has 0 spiro atoms. The Labute approximate surface area is 118 Å². The van der Waals surface area contributed by atoms with Gasteiger partial charge in [-0.15, -0.1) is 0 Å². The van der Waals surface area contributed by atoms with Crippen molar-refractivity contribution in [2.75, 3.05) is 25.0 Å². The number of hydrogen-bond acceptors (Lipinski definition) is 2. The van der Waals surface area contributed by atoms with Crippen LogP contribution in [0.1, 0.15) is 31.2 Å². The summed E-state index contributed by atoms with van der Waals surface area (Å²) >= 11 is 3.40. The Morgan fingerprint density at radius 1 is 1.06 bits per heavy atom. The molecule has 100 valence electrons. The van der Waals surface area contributed by atoms with Crippen LogP contribution in [0.15, 0.2) is 24.3 Å². The monoisotopic (exact) mass is 311 g/mol. The standard InChI is InChI=1S/C15H22BrNO/c16-9-4-12-18-15-7-5-14(6-8-15)13-17-10-2-1-3-11-17/h5-8H,1-4,9-13H2. The van der Waals surface area contributed by atoms with Gasteiger partial charge < -0.3 is 4.74 Å². The van der Waals surface area contributed by atoms with Crippen LogP contribution in [0.5, 0.6) is 5.75 Å².